The van der Waals surface area contributed by atoms with E-state index in [-0.39, 0.29) is 23.6 Å². The van der Waals surface area contributed by atoms with Crippen LogP contribution in [0.15, 0.2) is 18.2 Å². The summed E-state index contributed by atoms with van der Waals surface area (Å²) in [5.41, 5.74) is 0.499. The lowest BCUT2D eigenvalue weighted by Gasteiger charge is -2.40. The minimum Gasteiger partial charge on any atom is -0.507 e. The molecule has 0 radical (unpaired) electrons. The molecular formula is C17H24FNO2. The molecule has 3 nitrogen and oxygen atoms in total. The van der Waals surface area contributed by atoms with Crippen LogP contribution in [-0.2, 0) is 0 Å². The van der Waals surface area contributed by atoms with Gasteiger partial charge in [0.05, 0.1) is 12.1 Å². The molecule has 0 spiro atoms. The molecule has 0 aromatic heterocycles. The number of phenols is 1. The van der Waals surface area contributed by atoms with Crippen LogP contribution in [0.1, 0.15) is 49.9 Å². The lowest BCUT2D eigenvalue weighted by molar-refractivity contribution is 0.0754. The van der Waals surface area contributed by atoms with Gasteiger partial charge in [0, 0.05) is 0 Å². The van der Waals surface area contributed by atoms with Crippen molar-refractivity contribution in [3.05, 3.63) is 29.6 Å². The molecule has 0 atom stereocenters. The number of carbonyl (C=O) groups is 1. The van der Waals surface area contributed by atoms with Gasteiger partial charge in [-0.1, -0.05) is 26.7 Å². The maximum atomic E-state index is 13.2. The smallest absolute Gasteiger partial charge is 0.180 e. The highest BCUT2D eigenvalue weighted by atomic mass is 19.1. The van der Waals surface area contributed by atoms with Gasteiger partial charge in [-0.25, -0.2) is 4.39 Å². The molecule has 1 saturated heterocycles. The second kappa shape index (κ2) is 6.56. The van der Waals surface area contributed by atoms with Gasteiger partial charge in [-0.15, -0.1) is 0 Å². The highest BCUT2D eigenvalue weighted by Gasteiger charge is 2.31. The van der Waals surface area contributed by atoms with Gasteiger partial charge < -0.3 is 5.11 Å². The summed E-state index contributed by atoms with van der Waals surface area (Å²) in [7, 11) is 0. The molecule has 0 unspecified atom stereocenters. The highest BCUT2D eigenvalue weighted by Crippen LogP contribution is 2.37. The molecule has 0 amide bonds. The second-order valence-electron chi connectivity index (χ2n) is 6.07. The zero-order chi connectivity index (χ0) is 15.5. The summed E-state index contributed by atoms with van der Waals surface area (Å²) in [6.45, 7) is 6.50. The molecule has 21 heavy (non-hydrogen) atoms. The Bertz CT molecular complexity index is 502. The average molecular weight is 293 g/mol. The van der Waals surface area contributed by atoms with E-state index < -0.39 is 5.82 Å². The SMILES string of the molecule is CCC1(CC)CCN(CC(=O)c2cc(F)ccc2O)CC1. The number of phenolic OH excluding ortho intramolecular Hbond substituents is 1. The normalized spacial score (nSPS) is 18.6. The van der Waals surface area contributed by atoms with Crippen LogP contribution in [0.3, 0.4) is 0 Å². The van der Waals surface area contributed by atoms with E-state index in [1.807, 2.05) is 0 Å². The topological polar surface area (TPSA) is 40.5 Å². The fourth-order valence-electron chi connectivity index (χ4n) is 3.16. The third-order valence-corrected chi connectivity index (χ3v) is 5.04. The van der Waals surface area contributed by atoms with E-state index >= 15 is 0 Å². The first-order valence-corrected chi connectivity index (χ1v) is 7.74. The first kappa shape index (κ1) is 16.0. The van der Waals surface area contributed by atoms with E-state index in [1.165, 1.54) is 18.9 Å². The molecule has 1 aliphatic heterocycles. The molecule has 2 rings (SSSR count). The Kier molecular flexibility index (Phi) is 4.99. The number of rotatable bonds is 5. The second-order valence-corrected chi connectivity index (χ2v) is 6.07. The van der Waals surface area contributed by atoms with Gasteiger partial charge in [-0.2, -0.15) is 0 Å². The number of carbonyl (C=O) groups excluding carboxylic acids is 1. The van der Waals surface area contributed by atoms with Gasteiger partial charge in [-0.3, -0.25) is 9.69 Å². The van der Waals surface area contributed by atoms with Gasteiger partial charge in [0.25, 0.3) is 0 Å². The summed E-state index contributed by atoms with van der Waals surface area (Å²) < 4.78 is 13.2. The van der Waals surface area contributed by atoms with Crippen molar-refractivity contribution in [1.29, 1.82) is 0 Å². The zero-order valence-corrected chi connectivity index (χ0v) is 12.9. The van der Waals surface area contributed by atoms with Gasteiger partial charge >= 0.3 is 0 Å². The van der Waals surface area contributed by atoms with E-state index in [1.54, 1.807) is 0 Å². The summed E-state index contributed by atoms with van der Waals surface area (Å²) in [5, 5.41) is 9.69. The molecule has 1 aromatic carbocycles. The molecule has 1 aromatic rings. The van der Waals surface area contributed by atoms with Gasteiger partial charge in [0.15, 0.2) is 5.78 Å². The Morgan fingerprint density at radius 1 is 1.29 bits per heavy atom. The van der Waals surface area contributed by atoms with Crippen LogP contribution < -0.4 is 0 Å². The largest absolute Gasteiger partial charge is 0.507 e. The number of nitrogens with zero attached hydrogens (tertiary/aromatic N) is 1. The standard InChI is InChI=1S/C17H24FNO2/c1-3-17(4-2)7-9-19(10-8-17)12-16(21)14-11-13(18)5-6-15(14)20/h5-6,11,20H,3-4,7-10,12H2,1-2H3. The number of hydrogen-bond donors (Lipinski definition) is 1. The van der Waals surface area contributed by atoms with Crippen molar-refractivity contribution in [2.45, 2.75) is 39.5 Å². The number of halogens is 1. The molecule has 0 bridgehead atoms. The summed E-state index contributed by atoms with van der Waals surface area (Å²) in [6.07, 6.45) is 4.55. The molecule has 4 heteroatoms. The van der Waals surface area contributed by atoms with Crippen molar-refractivity contribution in [1.82, 2.24) is 4.90 Å². The average Bonchev–Trinajstić information content (AvgIpc) is 2.50. The van der Waals surface area contributed by atoms with Crippen LogP contribution in [0.25, 0.3) is 0 Å². The Hall–Kier alpha value is -1.42. The fraction of sp³-hybridized carbons (Fsp3) is 0.588. The maximum Gasteiger partial charge on any atom is 0.180 e. The Morgan fingerprint density at radius 3 is 2.48 bits per heavy atom. The summed E-state index contributed by atoms with van der Waals surface area (Å²) >= 11 is 0. The van der Waals surface area contributed by atoms with Crippen molar-refractivity contribution in [2.75, 3.05) is 19.6 Å². The summed E-state index contributed by atoms with van der Waals surface area (Å²) in [5.74, 6) is -0.854. The van der Waals surface area contributed by atoms with Gasteiger partial charge in [0.2, 0.25) is 0 Å². The highest BCUT2D eigenvalue weighted by molar-refractivity contribution is 6.00. The molecule has 1 heterocycles. The minimum absolute atomic E-state index is 0.0813. The van der Waals surface area contributed by atoms with E-state index in [0.29, 0.717) is 5.41 Å². The van der Waals surface area contributed by atoms with Crippen molar-refractivity contribution in [3.8, 4) is 5.75 Å². The van der Waals surface area contributed by atoms with Crippen LogP contribution >= 0.6 is 0 Å². The van der Waals surface area contributed by atoms with E-state index in [2.05, 4.69) is 18.7 Å². The van der Waals surface area contributed by atoms with Crippen molar-refractivity contribution < 1.29 is 14.3 Å². The zero-order valence-electron chi connectivity index (χ0n) is 12.9. The van der Waals surface area contributed by atoms with Crippen molar-refractivity contribution in [2.24, 2.45) is 5.41 Å². The van der Waals surface area contributed by atoms with Crippen LogP contribution in [-0.4, -0.2) is 35.4 Å². The Labute approximate surface area is 125 Å². The minimum atomic E-state index is -0.495. The fourth-order valence-corrected chi connectivity index (χ4v) is 3.16. The van der Waals surface area contributed by atoms with Crippen LogP contribution in [0.2, 0.25) is 0 Å². The molecule has 0 saturated carbocycles. The Morgan fingerprint density at radius 2 is 1.90 bits per heavy atom. The number of hydrogen-bond acceptors (Lipinski definition) is 3. The van der Waals surface area contributed by atoms with Crippen molar-refractivity contribution in [3.63, 3.8) is 0 Å². The number of likely N-dealkylation sites (tertiary alicyclic amines) is 1. The van der Waals surface area contributed by atoms with E-state index in [9.17, 15) is 14.3 Å². The number of ketones is 1. The van der Waals surface area contributed by atoms with Gasteiger partial charge in [-0.05, 0) is 49.5 Å². The quantitative estimate of drug-likeness (QED) is 0.843. The monoisotopic (exact) mass is 293 g/mol. The summed E-state index contributed by atoms with van der Waals surface area (Å²) in [4.78, 5) is 14.3. The molecule has 1 aliphatic rings. The lowest BCUT2D eigenvalue weighted by Crippen LogP contribution is -2.41. The molecule has 1 N–H and O–H groups in total. The number of benzene rings is 1. The Balaban J connectivity index is 1.97. The van der Waals surface area contributed by atoms with Gasteiger partial charge in [0.1, 0.15) is 11.6 Å². The lowest BCUT2D eigenvalue weighted by atomic mass is 9.74. The van der Waals surface area contributed by atoms with Crippen LogP contribution in [0.4, 0.5) is 4.39 Å². The van der Waals surface area contributed by atoms with E-state index in [4.69, 9.17) is 0 Å². The molecule has 0 aliphatic carbocycles. The number of piperidine rings is 1. The number of Topliss-reactive ketones (excluding diaryl/α,β-unsaturated/α-hetero) is 1. The first-order chi connectivity index (χ1) is 9.99. The summed E-state index contributed by atoms with van der Waals surface area (Å²) in [6, 6.07) is 3.51. The van der Waals surface area contributed by atoms with Crippen LogP contribution in [0, 0.1) is 11.2 Å². The first-order valence-electron chi connectivity index (χ1n) is 7.74. The van der Waals surface area contributed by atoms with E-state index in [0.717, 1.165) is 38.1 Å². The predicted octanol–water partition coefficient (Wildman–Crippen LogP) is 3.62. The number of aromatic hydroxyl groups is 1. The maximum absolute atomic E-state index is 13.2. The predicted molar refractivity (Wildman–Crippen MR) is 81.1 cm³/mol. The van der Waals surface area contributed by atoms with Crippen molar-refractivity contribution >= 4 is 5.78 Å². The third kappa shape index (κ3) is 3.62. The molecular weight excluding hydrogens is 269 g/mol. The van der Waals surface area contributed by atoms with Crippen LogP contribution in [0.5, 0.6) is 5.75 Å². The third-order valence-electron chi connectivity index (χ3n) is 5.04. The molecule has 116 valence electrons. The molecule has 1 fully saturated rings.